The van der Waals surface area contributed by atoms with E-state index in [4.69, 9.17) is 13.9 Å². The van der Waals surface area contributed by atoms with Crippen molar-refractivity contribution in [2.24, 2.45) is 0 Å². The molecule has 0 aliphatic carbocycles. The van der Waals surface area contributed by atoms with Gasteiger partial charge in [-0.05, 0) is 43.7 Å². The molecule has 1 aromatic heterocycles. The highest BCUT2D eigenvalue weighted by Crippen LogP contribution is 2.28. The van der Waals surface area contributed by atoms with E-state index in [0.717, 1.165) is 29.4 Å². The van der Waals surface area contributed by atoms with Crippen molar-refractivity contribution in [3.8, 4) is 11.5 Å². The molecule has 1 heterocycles. The number of benzene rings is 1. The van der Waals surface area contributed by atoms with Gasteiger partial charge in [-0.1, -0.05) is 6.07 Å². The van der Waals surface area contributed by atoms with Gasteiger partial charge in [0.15, 0.2) is 11.5 Å². The van der Waals surface area contributed by atoms with Crippen LogP contribution in [-0.2, 0) is 13.1 Å². The van der Waals surface area contributed by atoms with Gasteiger partial charge in [0.2, 0.25) is 0 Å². The largest absolute Gasteiger partial charge is 0.493 e. The first kappa shape index (κ1) is 14.5. The summed E-state index contributed by atoms with van der Waals surface area (Å²) in [6, 6.07) is 9.82. The van der Waals surface area contributed by atoms with Crippen LogP contribution in [0.3, 0.4) is 0 Å². The van der Waals surface area contributed by atoms with Crippen LogP contribution < -0.4 is 14.8 Å². The highest BCUT2D eigenvalue weighted by molar-refractivity contribution is 5.43. The fourth-order valence-corrected chi connectivity index (χ4v) is 1.92. The van der Waals surface area contributed by atoms with Crippen molar-refractivity contribution in [1.29, 1.82) is 0 Å². The minimum Gasteiger partial charge on any atom is -0.493 e. The maximum atomic E-state index is 5.69. The van der Waals surface area contributed by atoms with Crippen molar-refractivity contribution < 1.29 is 13.9 Å². The van der Waals surface area contributed by atoms with Gasteiger partial charge in [-0.25, -0.2) is 0 Å². The second-order valence-electron chi connectivity index (χ2n) is 4.83. The van der Waals surface area contributed by atoms with E-state index < -0.39 is 0 Å². The van der Waals surface area contributed by atoms with Gasteiger partial charge in [-0.2, -0.15) is 0 Å². The van der Waals surface area contributed by atoms with Crippen LogP contribution in [0.25, 0.3) is 0 Å². The molecule has 0 atom stereocenters. The first-order valence-corrected chi connectivity index (χ1v) is 6.75. The number of hydrogen-bond acceptors (Lipinski definition) is 4. The first-order chi connectivity index (χ1) is 9.69. The molecule has 0 radical (unpaired) electrons. The molecule has 20 heavy (non-hydrogen) atoms. The monoisotopic (exact) mass is 275 g/mol. The summed E-state index contributed by atoms with van der Waals surface area (Å²) >= 11 is 0. The highest BCUT2D eigenvalue weighted by atomic mass is 16.5. The summed E-state index contributed by atoms with van der Waals surface area (Å²) in [6.07, 6.45) is 1.81. The molecule has 0 fully saturated rings. The van der Waals surface area contributed by atoms with Gasteiger partial charge in [0.25, 0.3) is 0 Å². The second-order valence-corrected chi connectivity index (χ2v) is 4.83. The zero-order valence-corrected chi connectivity index (χ0v) is 12.2. The molecular weight excluding hydrogens is 254 g/mol. The number of furan rings is 1. The van der Waals surface area contributed by atoms with Crippen LogP contribution >= 0.6 is 0 Å². The number of nitrogens with one attached hydrogen (secondary N) is 1. The van der Waals surface area contributed by atoms with Crippen LogP contribution in [0, 0.1) is 0 Å². The molecule has 0 amide bonds. The standard InChI is InChI=1S/C16H21NO3/c1-12(2)20-15-7-6-13(9-16(15)18-3)10-17-11-14-5-4-8-19-14/h4-9,12,17H,10-11H2,1-3H3. The summed E-state index contributed by atoms with van der Waals surface area (Å²) in [5.41, 5.74) is 1.14. The fraction of sp³-hybridized carbons (Fsp3) is 0.375. The van der Waals surface area contributed by atoms with Gasteiger partial charge in [0.1, 0.15) is 5.76 Å². The lowest BCUT2D eigenvalue weighted by Gasteiger charge is -2.14. The zero-order valence-electron chi connectivity index (χ0n) is 12.2. The van der Waals surface area contributed by atoms with Crippen molar-refractivity contribution >= 4 is 0 Å². The van der Waals surface area contributed by atoms with Gasteiger partial charge >= 0.3 is 0 Å². The van der Waals surface area contributed by atoms with Crippen LogP contribution in [0.1, 0.15) is 25.2 Å². The van der Waals surface area contributed by atoms with Gasteiger partial charge in [-0.3, -0.25) is 0 Å². The van der Waals surface area contributed by atoms with Crippen LogP contribution in [0.15, 0.2) is 41.0 Å². The van der Waals surface area contributed by atoms with E-state index in [2.05, 4.69) is 5.32 Å². The van der Waals surface area contributed by atoms with Crippen molar-refractivity contribution in [2.45, 2.75) is 33.0 Å². The summed E-state index contributed by atoms with van der Waals surface area (Å²) in [7, 11) is 1.66. The number of hydrogen-bond donors (Lipinski definition) is 1. The Labute approximate surface area is 119 Å². The van der Waals surface area contributed by atoms with Gasteiger partial charge < -0.3 is 19.2 Å². The van der Waals surface area contributed by atoms with E-state index in [1.54, 1.807) is 13.4 Å². The summed E-state index contributed by atoms with van der Waals surface area (Å²) in [5.74, 6) is 2.46. The van der Waals surface area contributed by atoms with Crippen molar-refractivity contribution in [1.82, 2.24) is 5.32 Å². The Morgan fingerprint density at radius 1 is 1.15 bits per heavy atom. The van der Waals surface area contributed by atoms with Crippen molar-refractivity contribution in [3.63, 3.8) is 0 Å². The number of methoxy groups -OCH3 is 1. The fourth-order valence-electron chi connectivity index (χ4n) is 1.92. The molecule has 4 nitrogen and oxygen atoms in total. The second kappa shape index (κ2) is 7.01. The predicted octanol–water partition coefficient (Wildman–Crippen LogP) is 3.37. The lowest BCUT2D eigenvalue weighted by molar-refractivity contribution is 0.230. The zero-order chi connectivity index (χ0) is 14.4. The average molecular weight is 275 g/mol. The molecule has 0 saturated heterocycles. The molecular formula is C16H21NO3. The molecule has 0 spiro atoms. The Balaban J connectivity index is 1.94. The molecule has 4 heteroatoms. The van der Waals surface area contributed by atoms with Crippen molar-refractivity contribution in [3.05, 3.63) is 47.9 Å². The highest BCUT2D eigenvalue weighted by Gasteiger charge is 2.07. The quantitative estimate of drug-likeness (QED) is 0.841. The molecule has 0 bridgehead atoms. The lowest BCUT2D eigenvalue weighted by atomic mass is 10.2. The topological polar surface area (TPSA) is 43.6 Å². The molecule has 2 rings (SSSR count). The molecule has 0 aliphatic heterocycles. The minimum atomic E-state index is 0.131. The molecule has 0 aliphatic rings. The van der Waals surface area contributed by atoms with Gasteiger partial charge in [0.05, 0.1) is 26.0 Å². The van der Waals surface area contributed by atoms with E-state index in [0.29, 0.717) is 6.54 Å². The Hall–Kier alpha value is -1.94. The normalized spacial score (nSPS) is 10.8. The van der Waals surface area contributed by atoms with E-state index >= 15 is 0 Å². The Bertz CT molecular complexity index is 521. The average Bonchev–Trinajstić information content (AvgIpc) is 2.93. The van der Waals surface area contributed by atoms with Crippen LogP contribution in [0.5, 0.6) is 11.5 Å². The maximum Gasteiger partial charge on any atom is 0.161 e. The van der Waals surface area contributed by atoms with Crippen LogP contribution in [0.2, 0.25) is 0 Å². The third-order valence-corrected chi connectivity index (χ3v) is 2.80. The minimum absolute atomic E-state index is 0.131. The molecule has 2 aromatic rings. The third-order valence-electron chi connectivity index (χ3n) is 2.80. The first-order valence-electron chi connectivity index (χ1n) is 6.75. The Kier molecular flexibility index (Phi) is 5.07. The summed E-state index contributed by atoms with van der Waals surface area (Å²) in [4.78, 5) is 0. The third kappa shape index (κ3) is 4.03. The van der Waals surface area contributed by atoms with Crippen LogP contribution in [-0.4, -0.2) is 13.2 Å². The van der Waals surface area contributed by atoms with E-state index in [-0.39, 0.29) is 6.10 Å². The summed E-state index contributed by atoms with van der Waals surface area (Å²) < 4.78 is 16.3. The SMILES string of the molecule is COc1cc(CNCc2ccco2)ccc1OC(C)C. The molecule has 0 unspecified atom stereocenters. The van der Waals surface area contributed by atoms with Crippen LogP contribution in [0.4, 0.5) is 0 Å². The Morgan fingerprint density at radius 2 is 2.00 bits per heavy atom. The van der Waals surface area contributed by atoms with E-state index in [9.17, 15) is 0 Å². The van der Waals surface area contributed by atoms with E-state index in [1.807, 2.05) is 44.2 Å². The Morgan fingerprint density at radius 3 is 2.65 bits per heavy atom. The lowest BCUT2D eigenvalue weighted by Crippen LogP contribution is -2.12. The summed E-state index contributed by atoms with van der Waals surface area (Å²) in [6.45, 7) is 5.45. The maximum absolute atomic E-state index is 5.69. The molecule has 108 valence electrons. The predicted molar refractivity (Wildman–Crippen MR) is 78.0 cm³/mol. The summed E-state index contributed by atoms with van der Waals surface area (Å²) in [5, 5.41) is 3.33. The molecule has 1 N–H and O–H groups in total. The van der Waals surface area contributed by atoms with Crippen molar-refractivity contribution in [2.75, 3.05) is 7.11 Å². The van der Waals surface area contributed by atoms with Gasteiger partial charge in [0, 0.05) is 6.54 Å². The smallest absolute Gasteiger partial charge is 0.161 e. The number of rotatable bonds is 7. The number of ether oxygens (including phenoxy) is 2. The van der Waals surface area contributed by atoms with E-state index in [1.165, 1.54) is 0 Å². The molecule has 1 aromatic carbocycles. The molecule has 0 saturated carbocycles. The van der Waals surface area contributed by atoms with Gasteiger partial charge in [-0.15, -0.1) is 0 Å².